The third-order valence-corrected chi connectivity index (χ3v) is 2.82. The summed E-state index contributed by atoms with van der Waals surface area (Å²) in [5.74, 6) is -0.0740. The lowest BCUT2D eigenvalue weighted by molar-refractivity contribution is 0.101. The van der Waals surface area contributed by atoms with Crippen LogP contribution in [0.2, 0.25) is 0 Å². The van der Waals surface area contributed by atoms with Crippen molar-refractivity contribution in [3.63, 3.8) is 0 Å². The monoisotopic (exact) mass is 248 g/mol. The van der Waals surface area contributed by atoms with Gasteiger partial charge in [-0.2, -0.15) is 0 Å². The number of ether oxygens (including phenoxy) is 1. The lowest BCUT2D eigenvalue weighted by Gasteiger charge is -2.13. The highest BCUT2D eigenvalue weighted by atomic mass is 16.5. The molecule has 0 bridgehead atoms. The third kappa shape index (κ3) is 3.07. The van der Waals surface area contributed by atoms with E-state index in [1.54, 1.807) is 24.3 Å². The van der Waals surface area contributed by atoms with Gasteiger partial charge in [-0.25, -0.2) is 4.79 Å². The predicted octanol–water partition coefficient (Wildman–Crippen LogP) is 1.80. The highest BCUT2D eigenvalue weighted by Gasteiger charge is 2.18. The minimum atomic E-state index is -0.306. The van der Waals surface area contributed by atoms with Crippen LogP contribution in [0.4, 0.5) is 10.5 Å². The molecule has 5 heteroatoms. The van der Waals surface area contributed by atoms with E-state index in [1.165, 1.54) is 6.92 Å². The SMILES string of the molecule is CC(=O)c1ccccc1NC(=O)NC1CCOC1. The first-order valence-electron chi connectivity index (χ1n) is 5.92. The number of Topliss-reactive ketones (excluding diaryl/α,β-unsaturated/α-hetero) is 1. The number of anilines is 1. The topological polar surface area (TPSA) is 67.4 Å². The molecule has 1 unspecified atom stereocenters. The van der Waals surface area contributed by atoms with E-state index in [4.69, 9.17) is 4.74 Å². The van der Waals surface area contributed by atoms with Gasteiger partial charge in [-0.3, -0.25) is 4.79 Å². The largest absolute Gasteiger partial charge is 0.379 e. The molecule has 2 amide bonds. The maximum atomic E-state index is 11.8. The summed E-state index contributed by atoms with van der Waals surface area (Å²) < 4.78 is 5.17. The van der Waals surface area contributed by atoms with Crippen molar-refractivity contribution in [2.45, 2.75) is 19.4 Å². The molecule has 0 saturated carbocycles. The Labute approximate surface area is 106 Å². The lowest BCUT2D eigenvalue weighted by Crippen LogP contribution is -2.38. The van der Waals surface area contributed by atoms with E-state index in [-0.39, 0.29) is 17.9 Å². The van der Waals surface area contributed by atoms with Crippen LogP contribution in [-0.2, 0) is 4.74 Å². The van der Waals surface area contributed by atoms with E-state index in [1.807, 2.05) is 0 Å². The quantitative estimate of drug-likeness (QED) is 0.801. The number of hydrogen-bond acceptors (Lipinski definition) is 3. The standard InChI is InChI=1S/C13H16N2O3/c1-9(16)11-4-2-3-5-12(11)15-13(17)14-10-6-7-18-8-10/h2-5,10H,6-8H2,1H3,(H2,14,15,17). The highest BCUT2D eigenvalue weighted by Crippen LogP contribution is 2.15. The minimum Gasteiger partial charge on any atom is -0.379 e. The fourth-order valence-corrected chi connectivity index (χ4v) is 1.89. The summed E-state index contributed by atoms with van der Waals surface area (Å²) in [6.07, 6.45) is 0.821. The summed E-state index contributed by atoms with van der Waals surface area (Å²) in [5, 5.41) is 5.50. The molecular formula is C13H16N2O3. The van der Waals surface area contributed by atoms with E-state index >= 15 is 0 Å². The summed E-state index contributed by atoms with van der Waals surface area (Å²) in [7, 11) is 0. The second-order valence-electron chi connectivity index (χ2n) is 4.26. The molecule has 0 aromatic heterocycles. The number of urea groups is 1. The number of para-hydroxylation sites is 1. The average Bonchev–Trinajstić information content (AvgIpc) is 2.82. The Morgan fingerprint density at radius 1 is 1.33 bits per heavy atom. The molecule has 18 heavy (non-hydrogen) atoms. The number of carbonyl (C=O) groups excluding carboxylic acids is 2. The number of benzene rings is 1. The number of amides is 2. The van der Waals surface area contributed by atoms with Crippen molar-refractivity contribution in [3.05, 3.63) is 29.8 Å². The normalized spacial score (nSPS) is 18.4. The zero-order valence-corrected chi connectivity index (χ0v) is 10.2. The Balaban J connectivity index is 2.00. The van der Waals surface area contributed by atoms with Crippen molar-refractivity contribution in [1.29, 1.82) is 0 Å². The molecule has 1 heterocycles. The average molecular weight is 248 g/mol. The Morgan fingerprint density at radius 2 is 2.11 bits per heavy atom. The van der Waals surface area contributed by atoms with Gasteiger partial charge in [0.2, 0.25) is 0 Å². The van der Waals surface area contributed by atoms with Gasteiger partial charge in [0.05, 0.1) is 18.3 Å². The third-order valence-electron chi connectivity index (χ3n) is 2.82. The van der Waals surface area contributed by atoms with Gasteiger partial charge in [0, 0.05) is 12.2 Å². The van der Waals surface area contributed by atoms with Crippen LogP contribution in [-0.4, -0.2) is 31.1 Å². The van der Waals surface area contributed by atoms with Gasteiger partial charge < -0.3 is 15.4 Å². The smallest absolute Gasteiger partial charge is 0.319 e. The molecule has 0 radical (unpaired) electrons. The van der Waals surface area contributed by atoms with Crippen molar-refractivity contribution in [3.8, 4) is 0 Å². The van der Waals surface area contributed by atoms with E-state index in [2.05, 4.69) is 10.6 Å². The molecule has 2 rings (SSSR count). The number of hydrogen-bond donors (Lipinski definition) is 2. The first kappa shape index (κ1) is 12.6. The van der Waals surface area contributed by atoms with E-state index < -0.39 is 0 Å². The first-order valence-corrected chi connectivity index (χ1v) is 5.92. The molecule has 5 nitrogen and oxygen atoms in total. The van der Waals surface area contributed by atoms with Gasteiger partial charge in [-0.15, -0.1) is 0 Å². The number of nitrogens with one attached hydrogen (secondary N) is 2. The van der Waals surface area contributed by atoms with Gasteiger partial charge in [-0.05, 0) is 25.5 Å². The van der Waals surface area contributed by atoms with Gasteiger partial charge in [0.25, 0.3) is 0 Å². The molecule has 96 valence electrons. The molecule has 1 aliphatic heterocycles. The van der Waals surface area contributed by atoms with Crippen LogP contribution in [0.5, 0.6) is 0 Å². The zero-order valence-electron chi connectivity index (χ0n) is 10.2. The van der Waals surface area contributed by atoms with Crippen LogP contribution in [0.3, 0.4) is 0 Å². The molecular weight excluding hydrogens is 232 g/mol. The zero-order chi connectivity index (χ0) is 13.0. The van der Waals surface area contributed by atoms with Crippen LogP contribution >= 0.6 is 0 Å². The summed E-state index contributed by atoms with van der Waals surface area (Å²) in [5.41, 5.74) is 1.04. The first-order chi connectivity index (χ1) is 8.66. The second-order valence-corrected chi connectivity index (χ2v) is 4.26. The van der Waals surface area contributed by atoms with Gasteiger partial charge in [-0.1, -0.05) is 12.1 Å². The number of ketones is 1. The molecule has 0 aliphatic carbocycles. The summed E-state index contributed by atoms with van der Waals surface area (Å²) in [6.45, 7) is 2.69. The molecule has 1 aromatic rings. The van der Waals surface area contributed by atoms with Crippen LogP contribution in [0.15, 0.2) is 24.3 Å². The minimum absolute atomic E-state index is 0.0505. The van der Waals surface area contributed by atoms with Crippen LogP contribution in [0.1, 0.15) is 23.7 Å². The molecule has 1 aliphatic rings. The molecule has 0 spiro atoms. The maximum Gasteiger partial charge on any atom is 0.319 e. The van der Waals surface area contributed by atoms with E-state index in [0.29, 0.717) is 24.5 Å². The van der Waals surface area contributed by atoms with Gasteiger partial charge in [0.1, 0.15) is 0 Å². The number of rotatable bonds is 3. The molecule has 1 saturated heterocycles. The summed E-state index contributed by atoms with van der Waals surface area (Å²) in [6, 6.07) is 6.69. The molecule has 2 N–H and O–H groups in total. The summed E-state index contributed by atoms with van der Waals surface area (Å²) in [4.78, 5) is 23.2. The van der Waals surface area contributed by atoms with Gasteiger partial charge in [0.15, 0.2) is 5.78 Å². The van der Waals surface area contributed by atoms with Crippen molar-refractivity contribution < 1.29 is 14.3 Å². The Bertz CT molecular complexity index is 453. The van der Waals surface area contributed by atoms with Crippen molar-refractivity contribution >= 4 is 17.5 Å². The molecule has 1 aromatic carbocycles. The lowest BCUT2D eigenvalue weighted by atomic mass is 10.1. The predicted molar refractivity (Wildman–Crippen MR) is 67.8 cm³/mol. The Morgan fingerprint density at radius 3 is 2.78 bits per heavy atom. The van der Waals surface area contributed by atoms with E-state index in [9.17, 15) is 9.59 Å². The van der Waals surface area contributed by atoms with Crippen LogP contribution in [0, 0.1) is 0 Å². The fourth-order valence-electron chi connectivity index (χ4n) is 1.89. The van der Waals surface area contributed by atoms with Crippen molar-refractivity contribution in [2.24, 2.45) is 0 Å². The second kappa shape index (κ2) is 5.64. The fraction of sp³-hybridized carbons (Fsp3) is 0.385. The Hall–Kier alpha value is -1.88. The van der Waals surface area contributed by atoms with Crippen LogP contribution < -0.4 is 10.6 Å². The van der Waals surface area contributed by atoms with Crippen LogP contribution in [0.25, 0.3) is 0 Å². The molecule has 1 fully saturated rings. The summed E-state index contributed by atoms with van der Waals surface area (Å²) >= 11 is 0. The Kier molecular flexibility index (Phi) is 3.94. The highest BCUT2D eigenvalue weighted by molar-refractivity contribution is 6.03. The van der Waals surface area contributed by atoms with Crippen molar-refractivity contribution in [2.75, 3.05) is 18.5 Å². The molecule has 1 atom stereocenters. The van der Waals surface area contributed by atoms with E-state index in [0.717, 1.165) is 6.42 Å². The maximum absolute atomic E-state index is 11.8. The number of carbonyl (C=O) groups is 2. The van der Waals surface area contributed by atoms with Gasteiger partial charge >= 0.3 is 6.03 Å². The van der Waals surface area contributed by atoms with Crippen molar-refractivity contribution in [1.82, 2.24) is 5.32 Å².